The molecule has 3 amide bonds. The molecule has 0 bridgehead atoms. The highest BCUT2D eigenvalue weighted by molar-refractivity contribution is 7.99. The number of alkyl halides is 2. The number of nitrogens with one attached hydrogen (secondary N) is 3. The number of hydrogen-bond acceptors (Lipinski definition) is 5. The number of hydrogen-bond donors (Lipinski definition) is 3. The largest absolute Gasteiger partial charge is 0.483 e. The van der Waals surface area contributed by atoms with E-state index >= 15 is 0 Å². The molecule has 3 rings (SSSR count). The molecule has 3 N–H and O–H groups in total. The minimum atomic E-state index is -2.53. The van der Waals surface area contributed by atoms with Crippen molar-refractivity contribution >= 4 is 35.2 Å². The molecule has 3 aromatic rings. The van der Waals surface area contributed by atoms with Gasteiger partial charge in [-0.1, -0.05) is 41.1 Å². The lowest BCUT2D eigenvalue weighted by Gasteiger charge is -2.13. The number of halogens is 2. The van der Waals surface area contributed by atoms with Crippen LogP contribution in [0.5, 0.6) is 5.75 Å². The van der Waals surface area contributed by atoms with Gasteiger partial charge >= 0.3 is 0 Å². The molecule has 0 aliphatic heterocycles. The lowest BCUT2D eigenvalue weighted by Crippen LogP contribution is -2.41. The lowest BCUT2D eigenvalue weighted by atomic mass is 10.1. The van der Waals surface area contributed by atoms with Crippen LogP contribution in [0.2, 0.25) is 0 Å². The van der Waals surface area contributed by atoms with Crippen LogP contribution in [0, 0.1) is 13.8 Å². The first-order chi connectivity index (χ1) is 16.7. The minimum absolute atomic E-state index is 0.120. The van der Waals surface area contributed by atoms with Gasteiger partial charge in [-0.3, -0.25) is 25.2 Å². The van der Waals surface area contributed by atoms with Crippen molar-refractivity contribution in [3.63, 3.8) is 0 Å². The third-order valence-corrected chi connectivity index (χ3v) is 5.35. The molecule has 0 radical (unpaired) electrons. The second-order valence-electron chi connectivity index (χ2n) is 7.52. The number of benzene rings is 3. The molecule has 7 nitrogen and oxygen atoms in total. The summed E-state index contributed by atoms with van der Waals surface area (Å²) in [4.78, 5) is 37.6. The number of aryl methyl sites for hydroxylation is 2. The molecule has 0 aromatic heterocycles. The van der Waals surface area contributed by atoms with Gasteiger partial charge in [0, 0.05) is 16.1 Å². The van der Waals surface area contributed by atoms with Gasteiger partial charge in [0.25, 0.3) is 23.5 Å². The number of para-hydroxylation sites is 1. The maximum atomic E-state index is 12.6. The van der Waals surface area contributed by atoms with Crippen molar-refractivity contribution in [3.8, 4) is 5.75 Å². The number of amides is 3. The van der Waals surface area contributed by atoms with Crippen LogP contribution in [0.1, 0.15) is 31.8 Å². The molecule has 182 valence electrons. The zero-order valence-electron chi connectivity index (χ0n) is 18.9. The van der Waals surface area contributed by atoms with Gasteiger partial charge < -0.3 is 10.1 Å². The van der Waals surface area contributed by atoms with Crippen LogP contribution < -0.4 is 20.9 Å². The summed E-state index contributed by atoms with van der Waals surface area (Å²) in [6.45, 7) is 3.34. The zero-order chi connectivity index (χ0) is 25.4. The van der Waals surface area contributed by atoms with Gasteiger partial charge in [0.2, 0.25) is 0 Å². The van der Waals surface area contributed by atoms with E-state index in [9.17, 15) is 23.2 Å². The average Bonchev–Trinajstić information content (AvgIpc) is 2.81. The molecule has 0 unspecified atom stereocenters. The van der Waals surface area contributed by atoms with E-state index < -0.39 is 30.1 Å². The van der Waals surface area contributed by atoms with E-state index in [0.717, 1.165) is 11.1 Å². The van der Waals surface area contributed by atoms with E-state index in [1.54, 1.807) is 24.3 Å². The second kappa shape index (κ2) is 12.0. The molecule has 35 heavy (non-hydrogen) atoms. The van der Waals surface area contributed by atoms with Gasteiger partial charge in [0.15, 0.2) is 6.61 Å². The maximum Gasteiger partial charge on any atom is 0.288 e. The van der Waals surface area contributed by atoms with Crippen molar-refractivity contribution in [2.45, 2.75) is 24.5 Å². The summed E-state index contributed by atoms with van der Waals surface area (Å²) in [6, 6.07) is 17.5. The minimum Gasteiger partial charge on any atom is -0.483 e. The molecule has 0 aliphatic rings. The van der Waals surface area contributed by atoms with E-state index in [1.165, 1.54) is 36.4 Å². The van der Waals surface area contributed by atoms with E-state index in [1.807, 2.05) is 19.9 Å². The van der Waals surface area contributed by atoms with Crippen LogP contribution in [-0.4, -0.2) is 30.1 Å². The van der Waals surface area contributed by atoms with Gasteiger partial charge in [-0.15, -0.1) is 0 Å². The third kappa shape index (κ3) is 7.82. The molecular weight excluding hydrogens is 476 g/mol. The van der Waals surface area contributed by atoms with Crippen molar-refractivity contribution in [3.05, 3.63) is 89.0 Å². The van der Waals surface area contributed by atoms with Gasteiger partial charge in [-0.25, -0.2) is 0 Å². The highest BCUT2D eigenvalue weighted by atomic mass is 32.2. The van der Waals surface area contributed by atoms with Crippen LogP contribution in [0.4, 0.5) is 14.5 Å². The Morgan fingerprint density at radius 2 is 1.51 bits per heavy atom. The van der Waals surface area contributed by atoms with Crippen molar-refractivity contribution in [2.75, 3.05) is 11.9 Å². The van der Waals surface area contributed by atoms with Crippen LogP contribution in [-0.2, 0) is 4.79 Å². The number of anilines is 1. The van der Waals surface area contributed by atoms with Gasteiger partial charge in [-0.05, 0) is 62.4 Å². The monoisotopic (exact) mass is 499 g/mol. The smallest absolute Gasteiger partial charge is 0.288 e. The summed E-state index contributed by atoms with van der Waals surface area (Å²) < 4.78 is 30.3. The molecule has 0 atom stereocenters. The first-order valence-corrected chi connectivity index (χ1v) is 11.3. The van der Waals surface area contributed by atoms with Gasteiger partial charge in [0.05, 0.1) is 5.56 Å². The molecule has 10 heteroatoms. The Labute approximate surface area is 205 Å². The van der Waals surface area contributed by atoms with Crippen molar-refractivity contribution in [1.82, 2.24) is 10.9 Å². The first kappa shape index (κ1) is 25.7. The number of ether oxygens (including phenoxy) is 1. The first-order valence-electron chi connectivity index (χ1n) is 10.5. The van der Waals surface area contributed by atoms with E-state index in [-0.39, 0.29) is 11.3 Å². The number of thioether (sulfide) groups is 1. The van der Waals surface area contributed by atoms with Crippen molar-refractivity contribution < 1.29 is 27.9 Å². The van der Waals surface area contributed by atoms with E-state index in [0.29, 0.717) is 27.9 Å². The maximum absolute atomic E-state index is 12.6. The van der Waals surface area contributed by atoms with Crippen LogP contribution in [0.3, 0.4) is 0 Å². The molecule has 0 fully saturated rings. The summed E-state index contributed by atoms with van der Waals surface area (Å²) in [7, 11) is 0. The summed E-state index contributed by atoms with van der Waals surface area (Å²) in [6.07, 6.45) is 0. The standard InChI is InChI=1S/C25H23F2N3O4S/c1-15-11-16(2)13-17(12-15)23(32)29-30-24(33)20-5-3-4-6-21(20)34-14-22(31)28-18-7-9-19(10-8-18)35-25(26)27/h3-13,25H,14H2,1-2H3,(H,28,31)(H,29,32)(H,30,33). The summed E-state index contributed by atoms with van der Waals surface area (Å²) >= 11 is 0.409. The normalized spacial score (nSPS) is 10.5. The number of rotatable bonds is 8. The third-order valence-electron chi connectivity index (χ3n) is 4.63. The van der Waals surface area contributed by atoms with Gasteiger partial charge in [0.1, 0.15) is 5.75 Å². The molecule has 0 heterocycles. The summed E-state index contributed by atoms with van der Waals surface area (Å²) in [5.41, 5.74) is 7.50. The highest BCUT2D eigenvalue weighted by Gasteiger charge is 2.15. The van der Waals surface area contributed by atoms with E-state index in [2.05, 4.69) is 16.2 Å². The Morgan fingerprint density at radius 1 is 0.886 bits per heavy atom. The zero-order valence-corrected chi connectivity index (χ0v) is 19.7. The fourth-order valence-corrected chi connectivity index (χ4v) is 3.70. The Morgan fingerprint density at radius 3 is 2.17 bits per heavy atom. The van der Waals surface area contributed by atoms with Gasteiger partial charge in [-0.2, -0.15) is 8.78 Å². The van der Waals surface area contributed by atoms with Crippen LogP contribution in [0.15, 0.2) is 71.6 Å². The highest BCUT2D eigenvalue weighted by Crippen LogP contribution is 2.26. The topological polar surface area (TPSA) is 96.5 Å². The average molecular weight is 500 g/mol. The number of carbonyl (C=O) groups excluding carboxylic acids is 3. The quantitative estimate of drug-likeness (QED) is 0.308. The fourth-order valence-electron chi connectivity index (χ4n) is 3.20. The van der Waals surface area contributed by atoms with Crippen LogP contribution >= 0.6 is 11.8 Å². The van der Waals surface area contributed by atoms with Crippen molar-refractivity contribution in [1.29, 1.82) is 0 Å². The molecule has 0 saturated heterocycles. The summed E-state index contributed by atoms with van der Waals surface area (Å²) in [5, 5.41) is 2.59. The Bertz CT molecular complexity index is 1200. The Kier molecular flexibility index (Phi) is 8.80. The second-order valence-corrected chi connectivity index (χ2v) is 8.58. The number of hydrazine groups is 1. The lowest BCUT2D eigenvalue weighted by molar-refractivity contribution is -0.118. The van der Waals surface area contributed by atoms with E-state index in [4.69, 9.17) is 4.74 Å². The predicted octanol–water partition coefficient (Wildman–Crippen LogP) is 4.71. The molecule has 3 aromatic carbocycles. The molecular formula is C25H23F2N3O4S. The molecule has 0 saturated carbocycles. The SMILES string of the molecule is Cc1cc(C)cc(C(=O)NNC(=O)c2ccccc2OCC(=O)Nc2ccc(SC(F)F)cc2)c1. The van der Waals surface area contributed by atoms with Crippen LogP contribution in [0.25, 0.3) is 0 Å². The molecule has 0 spiro atoms. The Balaban J connectivity index is 1.55. The summed E-state index contributed by atoms with van der Waals surface area (Å²) in [5.74, 6) is -3.98. The van der Waals surface area contributed by atoms with Crippen molar-refractivity contribution in [2.24, 2.45) is 0 Å². The predicted molar refractivity (Wildman–Crippen MR) is 130 cm³/mol. The molecule has 0 aliphatic carbocycles. The number of carbonyl (C=O) groups is 3. The Hall–Kier alpha value is -3.92. The fraction of sp³-hybridized carbons (Fsp3) is 0.160.